The minimum absolute atomic E-state index is 0.0783. The molecule has 0 atom stereocenters. The molecule has 0 aromatic carbocycles. The van der Waals surface area contributed by atoms with Crippen LogP contribution in [0.3, 0.4) is 0 Å². The summed E-state index contributed by atoms with van der Waals surface area (Å²) >= 11 is 0. The fourth-order valence-electron chi connectivity index (χ4n) is 1.96. The van der Waals surface area contributed by atoms with Crippen LogP contribution in [0.1, 0.15) is 32.0 Å². The van der Waals surface area contributed by atoms with E-state index in [1.54, 1.807) is 0 Å². The first-order valence-corrected chi connectivity index (χ1v) is 6.36. The summed E-state index contributed by atoms with van der Waals surface area (Å²) in [5.74, 6) is 1.02. The second kappa shape index (κ2) is 5.22. The monoisotopic (exact) mass is 274 g/mol. The van der Waals surface area contributed by atoms with Gasteiger partial charge in [-0.3, -0.25) is 0 Å². The van der Waals surface area contributed by atoms with E-state index in [-0.39, 0.29) is 17.7 Å². The number of hydrogen-bond donors (Lipinski definition) is 1. The lowest BCUT2D eigenvalue weighted by Crippen LogP contribution is -2.36. The molecule has 0 saturated heterocycles. The Morgan fingerprint density at radius 1 is 1.37 bits per heavy atom. The lowest BCUT2D eigenvalue weighted by molar-refractivity contribution is -0.120. The van der Waals surface area contributed by atoms with E-state index < -0.39 is 12.7 Å². The summed E-state index contributed by atoms with van der Waals surface area (Å²) in [5.41, 5.74) is 5.65. The van der Waals surface area contributed by atoms with Gasteiger partial charge in [-0.05, 0) is 19.3 Å². The summed E-state index contributed by atoms with van der Waals surface area (Å²) in [6, 6.07) is 1.34. The van der Waals surface area contributed by atoms with E-state index in [0.717, 1.165) is 19.3 Å². The molecule has 0 spiro atoms. The van der Waals surface area contributed by atoms with Gasteiger partial charge in [-0.1, -0.05) is 6.92 Å². The Morgan fingerprint density at radius 3 is 2.58 bits per heavy atom. The van der Waals surface area contributed by atoms with Crippen molar-refractivity contribution in [1.29, 1.82) is 0 Å². The number of nitrogens with zero attached hydrogens (tertiary/aromatic N) is 3. The van der Waals surface area contributed by atoms with Gasteiger partial charge in [0.25, 0.3) is 0 Å². The molecule has 0 aliphatic heterocycles. The van der Waals surface area contributed by atoms with Crippen molar-refractivity contribution in [3.05, 3.63) is 11.9 Å². The lowest BCUT2D eigenvalue weighted by Gasteiger charge is -2.25. The molecule has 1 aliphatic carbocycles. The molecule has 2 N–H and O–H groups in total. The van der Waals surface area contributed by atoms with Crippen LogP contribution in [0.25, 0.3) is 0 Å². The highest BCUT2D eigenvalue weighted by molar-refractivity contribution is 5.49. The van der Waals surface area contributed by atoms with Gasteiger partial charge in [-0.15, -0.1) is 0 Å². The van der Waals surface area contributed by atoms with Crippen LogP contribution in [0.2, 0.25) is 0 Å². The van der Waals surface area contributed by atoms with E-state index >= 15 is 0 Å². The van der Waals surface area contributed by atoms with Gasteiger partial charge in [0.15, 0.2) is 0 Å². The first-order valence-electron chi connectivity index (χ1n) is 6.36. The van der Waals surface area contributed by atoms with Crippen LogP contribution >= 0.6 is 0 Å². The molecule has 0 amide bonds. The van der Waals surface area contributed by atoms with Crippen LogP contribution in [-0.4, -0.2) is 28.7 Å². The predicted molar refractivity (Wildman–Crippen MR) is 66.9 cm³/mol. The largest absolute Gasteiger partial charge is 0.405 e. The molecule has 0 bridgehead atoms. The van der Waals surface area contributed by atoms with Gasteiger partial charge in [-0.2, -0.15) is 13.2 Å². The van der Waals surface area contributed by atoms with Crippen molar-refractivity contribution in [1.82, 2.24) is 9.97 Å². The molecule has 1 aromatic rings. The third kappa shape index (κ3) is 3.97. The molecule has 1 heterocycles. The lowest BCUT2D eigenvalue weighted by atomic mass is 10.3. The van der Waals surface area contributed by atoms with E-state index in [0.29, 0.717) is 12.2 Å². The number of nitrogen functional groups attached to an aromatic ring is 1. The van der Waals surface area contributed by atoms with Crippen LogP contribution in [0.4, 0.5) is 24.8 Å². The summed E-state index contributed by atoms with van der Waals surface area (Å²) in [5, 5.41) is 0. The fourth-order valence-corrected chi connectivity index (χ4v) is 1.96. The Kier molecular flexibility index (Phi) is 3.82. The van der Waals surface area contributed by atoms with E-state index in [1.807, 2.05) is 6.92 Å². The van der Waals surface area contributed by atoms with Gasteiger partial charge in [0.05, 0.1) is 0 Å². The molecule has 1 aliphatic rings. The average molecular weight is 274 g/mol. The van der Waals surface area contributed by atoms with E-state index in [2.05, 4.69) is 9.97 Å². The number of aryl methyl sites for hydroxylation is 1. The van der Waals surface area contributed by atoms with Crippen molar-refractivity contribution in [2.45, 2.75) is 44.8 Å². The average Bonchev–Trinajstić information content (AvgIpc) is 3.08. The smallest absolute Gasteiger partial charge is 0.384 e. The summed E-state index contributed by atoms with van der Waals surface area (Å²) in [6.07, 6.45) is -1.27. The molecule has 2 rings (SSSR count). The third-order valence-corrected chi connectivity index (χ3v) is 2.88. The maximum absolute atomic E-state index is 12.6. The molecule has 1 fully saturated rings. The SMILES string of the molecule is CCCc1nc(N)cc(N(CC(F)(F)F)C2CC2)n1. The second-order valence-corrected chi connectivity index (χ2v) is 4.79. The second-order valence-electron chi connectivity index (χ2n) is 4.79. The number of alkyl halides is 3. The van der Waals surface area contributed by atoms with Crippen LogP contribution in [0.15, 0.2) is 6.07 Å². The maximum atomic E-state index is 12.6. The van der Waals surface area contributed by atoms with Crippen molar-refractivity contribution in [3.63, 3.8) is 0 Å². The van der Waals surface area contributed by atoms with Gasteiger partial charge in [-0.25, -0.2) is 9.97 Å². The normalized spacial score (nSPS) is 15.6. The molecule has 4 nitrogen and oxygen atoms in total. The van der Waals surface area contributed by atoms with E-state index in [1.165, 1.54) is 11.0 Å². The third-order valence-electron chi connectivity index (χ3n) is 2.88. The van der Waals surface area contributed by atoms with Crippen LogP contribution in [0.5, 0.6) is 0 Å². The highest BCUT2D eigenvalue weighted by Gasteiger charge is 2.39. The molecule has 0 radical (unpaired) electrons. The van der Waals surface area contributed by atoms with Crippen molar-refractivity contribution < 1.29 is 13.2 Å². The number of aromatic nitrogens is 2. The Bertz CT molecular complexity index is 443. The standard InChI is InChI=1S/C12H17F3N4/c1-2-3-10-17-9(16)6-11(18-10)19(8-4-5-8)7-12(13,14)15/h6,8H,2-5,7H2,1H3,(H2,16,17,18). The Labute approximate surface area is 109 Å². The molecule has 7 heteroatoms. The Balaban J connectivity index is 2.25. The topological polar surface area (TPSA) is 55.0 Å². The predicted octanol–water partition coefficient (Wildman–Crippen LogP) is 2.54. The molecular weight excluding hydrogens is 257 g/mol. The molecule has 19 heavy (non-hydrogen) atoms. The van der Waals surface area contributed by atoms with E-state index in [9.17, 15) is 13.2 Å². The molecule has 106 valence electrons. The van der Waals surface area contributed by atoms with Gasteiger partial charge >= 0.3 is 6.18 Å². The minimum Gasteiger partial charge on any atom is -0.384 e. The first-order chi connectivity index (χ1) is 8.89. The molecule has 1 saturated carbocycles. The van der Waals surface area contributed by atoms with Crippen LogP contribution < -0.4 is 10.6 Å². The summed E-state index contributed by atoms with van der Waals surface area (Å²) in [4.78, 5) is 9.53. The Morgan fingerprint density at radius 2 is 2.05 bits per heavy atom. The van der Waals surface area contributed by atoms with E-state index in [4.69, 9.17) is 5.73 Å². The number of anilines is 2. The van der Waals surface area contributed by atoms with Crippen molar-refractivity contribution in [3.8, 4) is 0 Å². The quantitative estimate of drug-likeness (QED) is 0.896. The zero-order chi connectivity index (χ0) is 14.0. The van der Waals surface area contributed by atoms with Gasteiger partial charge in [0, 0.05) is 18.5 Å². The van der Waals surface area contributed by atoms with Gasteiger partial charge in [0.1, 0.15) is 24.0 Å². The minimum atomic E-state index is -4.24. The number of halogens is 3. The summed E-state index contributed by atoms with van der Waals surface area (Å²) in [7, 11) is 0. The molecule has 1 aromatic heterocycles. The molecular formula is C12H17F3N4. The molecule has 0 unspecified atom stereocenters. The fraction of sp³-hybridized carbons (Fsp3) is 0.667. The van der Waals surface area contributed by atoms with Crippen LogP contribution in [0, 0.1) is 0 Å². The van der Waals surface area contributed by atoms with Crippen molar-refractivity contribution in [2.75, 3.05) is 17.2 Å². The maximum Gasteiger partial charge on any atom is 0.405 e. The van der Waals surface area contributed by atoms with Crippen LogP contribution in [-0.2, 0) is 6.42 Å². The zero-order valence-corrected chi connectivity index (χ0v) is 10.7. The number of hydrogen-bond acceptors (Lipinski definition) is 4. The van der Waals surface area contributed by atoms with Crippen molar-refractivity contribution in [2.24, 2.45) is 0 Å². The summed E-state index contributed by atoms with van der Waals surface area (Å²) < 4.78 is 37.8. The highest BCUT2D eigenvalue weighted by Crippen LogP contribution is 2.33. The van der Waals surface area contributed by atoms with Crippen molar-refractivity contribution >= 4 is 11.6 Å². The summed E-state index contributed by atoms with van der Waals surface area (Å²) in [6.45, 7) is 0.973. The first kappa shape index (κ1) is 13.9. The number of nitrogens with two attached hydrogens (primary N) is 1. The zero-order valence-electron chi connectivity index (χ0n) is 10.7. The highest BCUT2D eigenvalue weighted by atomic mass is 19.4. The van der Waals surface area contributed by atoms with Gasteiger partial charge in [0.2, 0.25) is 0 Å². The number of rotatable bonds is 5. The van der Waals surface area contributed by atoms with Gasteiger partial charge < -0.3 is 10.6 Å². The Hall–Kier alpha value is -1.53.